The van der Waals surface area contributed by atoms with Crippen LogP contribution in [-0.4, -0.2) is 32.9 Å². The van der Waals surface area contributed by atoms with Crippen molar-refractivity contribution in [3.8, 4) is 5.75 Å². The van der Waals surface area contributed by atoms with Crippen molar-refractivity contribution in [2.75, 3.05) is 6.26 Å². The van der Waals surface area contributed by atoms with E-state index in [1.807, 2.05) is 0 Å². The molecule has 3 nitrogen and oxygen atoms in total. The zero-order valence-corrected chi connectivity index (χ0v) is 23.6. The monoisotopic (exact) mass is 472 g/mol. The molecule has 0 aliphatic carbocycles. The van der Waals surface area contributed by atoms with Crippen LogP contribution in [0.5, 0.6) is 5.75 Å². The molecule has 1 aliphatic rings. The zero-order chi connectivity index (χ0) is 24.1. The Morgan fingerprint density at radius 2 is 1.41 bits per heavy atom. The maximum Gasteiger partial charge on any atom is 0.495 e. The van der Waals surface area contributed by atoms with Crippen LogP contribution >= 0.6 is 11.8 Å². The Morgan fingerprint density at radius 3 is 1.88 bits per heavy atom. The van der Waals surface area contributed by atoms with E-state index < -0.39 is 15.4 Å². The fourth-order valence-corrected chi connectivity index (χ4v) is 11.2. The molecule has 0 unspecified atom stereocenters. The molecule has 2 aromatic carbocycles. The molecule has 6 heteroatoms. The van der Waals surface area contributed by atoms with Gasteiger partial charge in [0.1, 0.15) is 5.75 Å². The van der Waals surface area contributed by atoms with Crippen LogP contribution in [0.2, 0.25) is 16.6 Å². The van der Waals surface area contributed by atoms with E-state index in [2.05, 4.69) is 106 Å². The van der Waals surface area contributed by atoms with Crippen LogP contribution in [0.3, 0.4) is 0 Å². The molecule has 0 atom stereocenters. The standard InChI is InChI=1S/C26H41BO3SSi/c1-17(2)32(18(3)4,19(5)6)28-21-15-20-13-12-14-23(31-11)24(20)22(16-21)27-29-25(7,8)26(9,10)30-27/h12-19H,1-11H3. The van der Waals surface area contributed by atoms with Crippen molar-refractivity contribution in [2.24, 2.45) is 0 Å². The Kier molecular flexibility index (Phi) is 7.23. The van der Waals surface area contributed by atoms with E-state index in [-0.39, 0.29) is 11.2 Å². The predicted molar refractivity (Wildman–Crippen MR) is 143 cm³/mol. The highest BCUT2D eigenvalue weighted by molar-refractivity contribution is 7.98. The SMILES string of the molecule is CSc1cccc2cc(O[Si](C(C)C)(C(C)C)C(C)C)cc(B3OC(C)(C)C(C)(C)O3)c12. The molecule has 0 spiro atoms. The number of hydrogen-bond donors (Lipinski definition) is 0. The van der Waals surface area contributed by atoms with E-state index in [9.17, 15) is 0 Å². The first-order chi connectivity index (χ1) is 14.8. The van der Waals surface area contributed by atoms with E-state index in [1.165, 1.54) is 15.7 Å². The van der Waals surface area contributed by atoms with Gasteiger partial charge in [-0.15, -0.1) is 11.8 Å². The quantitative estimate of drug-likeness (QED) is 0.310. The fraction of sp³-hybridized carbons (Fsp3) is 0.615. The molecule has 0 saturated carbocycles. The van der Waals surface area contributed by atoms with Gasteiger partial charge in [-0.1, -0.05) is 53.7 Å². The Hall–Kier alpha value is -0.948. The summed E-state index contributed by atoms with van der Waals surface area (Å²) in [6.45, 7) is 22.4. The van der Waals surface area contributed by atoms with Gasteiger partial charge >= 0.3 is 7.12 Å². The van der Waals surface area contributed by atoms with Gasteiger partial charge in [0.25, 0.3) is 8.32 Å². The van der Waals surface area contributed by atoms with Crippen molar-refractivity contribution in [3.05, 3.63) is 30.3 Å². The largest absolute Gasteiger partial charge is 0.543 e. The summed E-state index contributed by atoms with van der Waals surface area (Å²) in [6, 6.07) is 10.9. The van der Waals surface area contributed by atoms with Gasteiger partial charge in [-0.3, -0.25) is 0 Å². The van der Waals surface area contributed by atoms with Gasteiger partial charge in [0, 0.05) is 4.90 Å². The van der Waals surface area contributed by atoms with Crippen molar-refractivity contribution < 1.29 is 13.7 Å². The number of thioether (sulfide) groups is 1. The molecule has 0 radical (unpaired) electrons. The molecule has 0 N–H and O–H groups in total. The molecule has 176 valence electrons. The van der Waals surface area contributed by atoms with Crippen LogP contribution in [0.15, 0.2) is 35.2 Å². The summed E-state index contributed by atoms with van der Waals surface area (Å²) in [4.78, 5) is 1.24. The van der Waals surface area contributed by atoms with Gasteiger partial charge in [-0.25, -0.2) is 0 Å². The average Bonchev–Trinajstić information content (AvgIpc) is 2.91. The highest BCUT2D eigenvalue weighted by Gasteiger charge is 2.52. The van der Waals surface area contributed by atoms with Crippen LogP contribution in [0.4, 0.5) is 0 Å². The molecular weight excluding hydrogens is 431 g/mol. The Morgan fingerprint density at radius 1 is 0.875 bits per heavy atom. The molecule has 0 bridgehead atoms. The van der Waals surface area contributed by atoms with Crippen molar-refractivity contribution in [1.29, 1.82) is 0 Å². The Balaban J connectivity index is 2.21. The van der Waals surface area contributed by atoms with Crippen LogP contribution in [0, 0.1) is 0 Å². The summed E-state index contributed by atoms with van der Waals surface area (Å²) in [5, 5.41) is 2.38. The molecule has 3 rings (SSSR count). The Labute approximate surface area is 201 Å². The normalized spacial score (nSPS) is 18.4. The highest BCUT2D eigenvalue weighted by Crippen LogP contribution is 2.44. The van der Waals surface area contributed by atoms with Gasteiger partial charge in [-0.2, -0.15) is 0 Å². The van der Waals surface area contributed by atoms with E-state index >= 15 is 0 Å². The van der Waals surface area contributed by atoms with Gasteiger partial charge < -0.3 is 13.7 Å². The summed E-state index contributed by atoms with van der Waals surface area (Å²) < 4.78 is 20.1. The third-order valence-electron chi connectivity index (χ3n) is 7.67. The van der Waals surface area contributed by atoms with Gasteiger partial charge in [0.2, 0.25) is 0 Å². The molecular formula is C26H41BO3SSi. The average molecular weight is 473 g/mol. The molecule has 0 amide bonds. The topological polar surface area (TPSA) is 27.7 Å². The molecule has 1 aliphatic heterocycles. The lowest BCUT2D eigenvalue weighted by molar-refractivity contribution is 0.00578. The van der Waals surface area contributed by atoms with Crippen LogP contribution < -0.4 is 9.89 Å². The first-order valence-corrected chi connectivity index (χ1v) is 15.3. The van der Waals surface area contributed by atoms with E-state index in [0.29, 0.717) is 16.6 Å². The number of fused-ring (bicyclic) bond motifs is 1. The van der Waals surface area contributed by atoms with Crippen LogP contribution in [0.25, 0.3) is 10.8 Å². The number of benzene rings is 2. The maximum atomic E-state index is 7.09. The van der Waals surface area contributed by atoms with Crippen LogP contribution in [-0.2, 0) is 9.31 Å². The molecule has 0 aromatic heterocycles. The molecule has 32 heavy (non-hydrogen) atoms. The molecule has 1 heterocycles. The second kappa shape index (κ2) is 9.01. The molecule has 2 aromatic rings. The fourth-order valence-electron chi connectivity index (χ4n) is 5.34. The minimum atomic E-state index is -2.08. The number of hydrogen-bond acceptors (Lipinski definition) is 4. The van der Waals surface area contributed by atoms with E-state index in [0.717, 1.165) is 11.2 Å². The Bertz CT molecular complexity index is 933. The van der Waals surface area contributed by atoms with Gasteiger partial charge in [0.15, 0.2) is 0 Å². The summed E-state index contributed by atoms with van der Waals surface area (Å²) in [6.07, 6.45) is 2.13. The minimum Gasteiger partial charge on any atom is -0.543 e. The summed E-state index contributed by atoms with van der Waals surface area (Å²) >= 11 is 1.76. The molecule has 1 fully saturated rings. The van der Waals surface area contributed by atoms with Gasteiger partial charge in [-0.05, 0) is 85.0 Å². The minimum absolute atomic E-state index is 0.387. The first kappa shape index (κ1) is 25.7. The lowest BCUT2D eigenvalue weighted by atomic mass is 9.76. The zero-order valence-electron chi connectivity index (χ0n) is 21.8. The van der Waals surface area contributed by atoms with E-state index in [1.54, 1.807) is 11.8 Å². The van der Waals surface area contributed by atoms with Gasteiger partial charge in [0.05, 0.1) is 11.2 Å². The lowest BCUT2D eigenvalue weighted by Crippen LogP contribution is -2.51. The van der Waals surface area contributed by atoms with Crippen molar-refractivity contribution in [1.82, 2.24) is 0 Å². The summed E-state index contributed by atoms with van der Waals surface area (Å²) in [7, 11) is -2.51. The van der Waals surface area contributed by atoms with Crippen LogP contribution in [0.1, 0.15) is 69.2 Å². The first-order valence-electron chi connectivity index (χ1n) is 11.9. The van der Waals surface area contributed by atoms with Crippen molar-refractivity contribution in [2.45, 2.75) is 102 Å². The summed E-state index contributed by atoms with van der Waals surface area (Å²) in [5.74, 6) is 0.947. The highest BCUT2D eigenvalue weighted by atomic mass is 32.2. The third kappa shape index (κ3) is 4.28. The maximum absolute atomic E-state index is 7.09. The predicted octanol–water partition coefficient (Wildman–Crippen LogP) is 7.42. The number of rotatable bonds is 7. The van der Waals surface area contributed by atoms with Crippen molar-refractivity contribution >= 4 is 43.4 Å². The smallest absolute Gasteiger partial charge is 0.495 e. The van der Waals surface area contributed by atoms with Crippen molar-refractivity contribution in [3.63, 3.8) is 0 Å². The molecule has 1 saturated heterocycles. The summed E-state index contributed by atoms with van der Waals surface area (Å²) in [5.41, 5.74) is 1.83. The lowest BCUT2D eigenvalue weighted by Gasteiger charge is -2.42. The second-order valence-corrected chi connectivity index (χ2v) is 17.3. The third-order valence-corrected chi connectivity index (χ3v) is 14.5. The van der Waals surface area contributed by atoms with E-state index in [4.69, 9.17) is 13.7 Å². The second-order valence-electron chi connectivity index (χ2n) is 11.1.